The fraction of sp³-hybridized carbons (Fsp3) is 0.360. The molecule has 184 valence electrons. The zero-order valence-electron chi connectivity index (χ0n) is 19.0. The second-order valence-electron chi connectivity index (χ2n) is 8.82. The van der Waals surface area contributed by atoms with Gasteiger partial charge in [0.15, 0.2) is 6.61 Å². The molecule has 0 aromatic heterocycles. The zero-order chi connectivity index (χ0) is 25.4. The van der Waals surface area contributed by atoms with Crippen LogP contribution >= 0.6 is 39.1 Å². The number of nitrogens with one attached hydrogen (secondary N) is 1. The maximum Gasteiger partial charge on any atom is 0.338 e. The summed E-state index contributed by atoms with van der Waals surface area (Å²) in [6.07, 6.45) is 0.658. The Morgan fingerprint density at radius 3 is 2.29 bits per heavy atom. The van der Waals surface area contributed by atoms with E-state index in [1.54, 1.807) is 12.1 Å². The minimum Gasteiger partial charge on any atom is -0.452 e. The van der Waals surface area contributed by atoms with Crippen LogP contribution in [0.3, 0.4) is 0 Å². The number of halogens is 3. The predicted octanol–water partition coefficient (Wildman–Crippen LogP) is 4.98. The molecule has 0 radical (unpaired) electrons. The van der Waals surface area contributed by atoms with Gasteiger partial charge in [-0.05, 0) is 68.1 Å². The minimum absolute atomic E-state index is 0.117. The molecule has 2 aromatic carbocycles. The Balaban J connectivity index is 1.42. The van der Waals surface area contributed by atoms with Gasteiger partial charge in [0.25, 0.3) is 5.91 Å². The molecule has 1 aliphatic heterocycles. The number of benzene rings is 2. The third-order valence-corrected chi connectivity index (χ3v) is 8.31. The van der Waals surface area contributed by atoms with Gasteiger partial charge in [-0.25, -0.2) is 4.79 Å². The fourth-order valence-electron chi connectivity index (χ4n) is 4.44. The van der Waals surface area contributed by atoms with Gasteiger partial charge < -0.3 is 10.1 Å². The molecule has 1 heterocycles. The Bertz CT molecular complexity index is 1190. The lowest BCUT2D eigenvalue weighted by molar-refractivity contribution is -0.122. The summed E-state index contributed by atoms with van der Waals surface area (Å²) in [7, 11) is 0. The van der Waals surface area contributed by atoms with E-state index >= 15 is 0 Å². The van der Waals surface area contributed by atoms with Crippen molar-refractivity contribution in [1.82, 2.24) is 0 Å². The van der Waals surface area contributed by atoms with Crippen molar-refractivity contribution < 1.29 is 23.9 Å². The smallest absolute Gasteiger partial charge is 0.338 e. The molecular weight excluding hydrogens is 559 g/mol. The van der Waals surface area contributed by atoms with Crippen molar-refractivity contribution in [3.8, 4) is 0 Å². The molecule has 0 bridgehead atoms. The number of hydrogen-bond donors (Lipinski definition) is 1. The first-order valence-electron chi connectivity index (χ1n) is 11.1. The van der Waals surface area contributed by atoms with Gasteiger partial charge in [0.05, 0.1) is 33.8 Å². The molecule has 1 saturated carbocycles. The highest BCUT2D eigenvalue weighted by Gasteiger charge is 2.52. The third-order valence-electron chi connectivity index (χ3n) is 6.37. The monoisotopic (exact) mass is 580 g/mol. The number of imide groups is 1. The molecule has 1 saturated heterocycles. The van der Waals surface area contributed by atoms with Crippen molar-refractivity contribution in [2.75, 3.05) is 16.8 Å². The standard InChI is InChI=1S/C25H23BrCl2N2O5/c1-12-7-21(13(2)6-18(12)26)29-22(31)11-35-25(34)14-4-3-5-15(8-14)30-23(32)16-9-19(27)20(28)10-17(16)24(30)33/h3-8,16-17,19-20H,9-11H2,1-2H3,(H,29,31)/t16-,17+,19+,20-. The van der Waals surface area contributed by atoms with E-state index in [0.717, 1.165) is 20.5 Å². The Labute approximate surface area is 221 Å². The number of esters is 1. The Morgan fingerprint density at radius 1 is 1.03 bits per heavy atom. The third kappa shape index (κ3) is 5.25. The summed E-state index contributed by atoms with van der Waals surface area (Å²) >= 11 is 15.9. The van der Waals surface area contributed by atoms with Gasteiger partial charge in [0, 0.05) is 10.2 Å². The number of nitrogens with zero attached hydrogens (tertiary/aromatic N) is 1. The summed E-state index contributed by atoms with van der Waals surface area (Å²) in [5, 5.41) is 1.97. The highest BCUT2D eigenvalue weighted by atomic mass is 79.9. The van der Waals surface area contributed by atoms with Crippen LogP contribution in [0.5, 0.6) is 0 Å². The molecule has 1 N–H and O–H groups in total. The van der Waals surface area contributed by atoms with E-state index in [1.165, 1.54) is 12.1 Å². The van der Waals surface area contributed by atoms with Crippen LogP contribution in [0.15, 0.2) is 40.9 Å². The number of amides is 3. The van der Waals surface area contributed by atoms with Crippen LogP contribution in [-0.4, -0.2) is 41.1 Å². The number of rotatable bonds is 5. The Kier molecular flexibility index (Phi) is 7.54. The molecule has 0 spiro atoms. The topological polar surface area (TPSA) is 92.8 Å². The maximum absolute atomic E-state index is 13.0. The second-order valence-corrected chi connectivity index (χ2v) is 10.8. The highest BCUT2D eigenvalue weighted by molar-refractivity contribution is 9.10. The minimum atomic E-state index is -0.746. The van der Waals surface area contributed by atoms with E-state index in [1.807, 2.05) is 26.0 Å². The van der Waals surface area contributed by atoms with E-state index in [4.69, 9.17) is 27.9 Å². The molecule has 2 fully saturated rings. The summed E-state index contributed by atoms with van der Waals surface area (Å²) in [5.41, 5.74) is 2.82. The number of ether oxygens (including phenoxy) is 1. The van der Waals surface area contributed by atoms with Crippen molar-refractivity contribution >= 4 is 74.2 Å². The van der Waals surface area contributed by atoms with Gasteiger partial charge in [0.1, 0.15) is 0 Å². The average Bonchev–Trinajstić information content (AvgIpc) is 3.05. The maximum atomic E-state index is 13.0. The van der Waals surface area contributed by atoms with E-state index in [-0.39, 0.29) is 33.8 Å². The molecule has 2 aromatic rings. The molecule has 4 atom stereocenters. The molecule has 7 nitrogen and oxygen atoms in total. The van der Waals surface area contributed by atoms with Crippen LogP contribution in [-0.2, 0) is 19.1 Å². The first-order chi connectivity index (χ1) is 16.6. The highest BCUT2D eigenvalue weighted by Crippen LogP contribution is 2.43. The quantitative estimate of drug-likeness (QED) is 0.305. The number of carbonyl (C=O) groups is 4. The lowest BCUT2D eigenvalue weighted by atomic mass is 9.80. The Morgan fingerprint density at radius 2 is 1.66 bits per heavy atom. The van der Waals surface area contributed by atoms with E-state index in [9.17, 15) is 19.2 Å². The van der Waals surface area contributed by atoms with Crippen molar-refractivity contribution in [2.45, 2.75) is 37.4 Å². The summed E-state index contributed by atoms with van der Waals surface area (Å²) < 4.78 is 6.10. The number of alkyl halides is 2. The van der Waals surface area contributed by atoms with E-state index < -0.39 is 30.3 Å². The summed E-state index contributed by atoms with van der Waals surface area (Å²) in [6.45, 7) is 3.27. The fourth-order valence-corrected chi connectivity index (χ4v) is 5.49. The first kappa shape index (κ1) is 25.7. The lowest BCUT2D eigenvalue weighted by Crippen LogP contribution is -2.34. The SMILES string of the molecule is Cc1cc(NC(=O)COC(=O)c2cccc(N3C(=O)[C@H]4C[C@@H](Cl)[C@@H](Cl)C[C@H]4C3=O)c2)c(C)cc1Br. The molecule has 1 aliphatic carbocycles. The number of hydrogen-bond acceptors (Lipinski definition) is 5. The molecule has 4 rings (SSSR count). The number of aryl methyl sites for hydroxylation is 2. The van der Waals surface area contributed by atoms with Gasteiger partial charge in [-0.1, -0.05) is 22.0 Å². The Hall–Kier alpha value is -2.42. The van der Waals surface area contributed by atoms with Gasteiger partial charge in [0.2, 0.25) is 11.8 Å². The van der Waals surface area contributed by atoms with Crippen LogP contribution in [0.4, 0.5) is 11.4 Å². The van der Waals surface area contributed by atoms with Crippen molar-refractivity contribution in [1.29, 1.82) is 0 Å². The van der Waals surface area contributed by atoms with Crippen LogP contribution in [0.25, 0.3) is 0 Å². The van der Waals surface area contributed by atoms with Crippen molar-refractivity contribution in [3.63, 3.8) is 0 Å². The zero-order valence-corrected chi connectivity index (χ0v) is 22.1. The van der Waals surface area contributed by atoms with E-state index in [0.29, 0.717) is 18.5 Å². The van der Waals surface area contributed by atoms with Crippen molar-refractivity contribution in [3.05, 3.63) is 57.6 Å². The molecule has 3 amide bonds. The summed E-state index contributed by atoms with van der Waals surface area (Å²) in [5.74, 6) is -2.98. The second kappa shape index (κ2) is 10.3. The average molecular weight is 582 g/mol. The summed E-state index contributed by atoms with van der Waals surface area (Å²) in [6, 6.07) is 9.74. The number of carbonyl (C=O) groups excluding carboxylic acids is 4. The number of anilines is 2. The summed E-state index contributed by atoms with van der Waals surface area (Å²) in [4.78, 5) is 52.0. The van der Waals surface area contributed by atoms with Crippen LogP contribution in [0.2, 0.25) is 0 Å². The van der Waals surface area contributed by atoms with Gasteiger partial charge >= 0.3 is 5.97 Å². The van der Waals surface area contributed by atoms with Gasteiger partial charge in [-0.2, -0.15) is 0 Å². The molecule has 35 heavy (non-hydrogen) atoms. The van der Waals surface area contributed by atoms with Crippen LogP contribution < -0.4 is 10.2 Å². The number of fused-ring (bicyclic) bond motifs is 1. The van der Waals surface area contributed by atoms with E-state index in [2.05, 4.69) is 21.2 Å². The molecular formula is C25H23BrCl2N2O5. The lowest BCUT2D eigenvalue weighted by Gasteiger charge is -2.28. The molecule has 2 aliphatic rings. The normalized spacial score (nSPS) is 23.7. The largest absolute Gasteiger partial charge is 0.452 e. The predicted molar refractivity (Wildman–Crippen MR) is 137 cm³/mol. The van der Waals surface area contributed by atoms with Gasteiger partial charge in [-0.15, -0.1) is 23.2 Å². The van der Waals surface area contributed by atoms with Crippen LogP contribution in [0.1, 0.15) is 34.3 Å². The van der Waals surface area contributed by atoms with Crippen molar-refractivity contribution in [2.24, 2.45) is 11.8 Å². The van der Waals surface area contributed by atoms with Gasteiger partial charge in [-0.3, -0.25) is 19.3 Å². The van der Waals surface area contributed by atoms with Crippen LogP contribution in [0, 0.1) is 25.7 Å². The molecule has 0 unspecified atom stereocenters. The first-order valence-corrected chi connectivity index (χ1v) is 12.7. The molecule has 10 heteroatoms.